The van der Waals surface area contributed by atoms with Crippen molar-refractivity contribution >= 4 is 10.8 Å². The van der Waals surface area contributed by atoms with Gasteiger partial charge in [-0.2, -0.15) is 0 Å². The first-order valence-corrected chi connectivity index (χ1v) is 11.8. The molecule has 0 unspecified atom stereocenters. The summed E-state index contributed by atoms with van der Waals surface area (Å²) in [5.41, 5.74) is 4.31. The predicted molar refractivity (Wildman–Crippen MR) is 133 cm³/mol. The SMILES string of the molecule is CCCCCc1ccc(C#Cc2ccc3c(F)c(CCc4ccc(F)c(F)c4)ccc3c2)cc1. The topological polar surface area (TPSA) is 0 Å². The van der Waals surface area contributed by atoms with Gasteiger partial charge in [0.25, 0.3) is 0 Å². The summed E-state index contributed by atoms with van der Waals surface area (Å²) in [6.45, 7) is 2.21. The lowest BCUT2D eigenvalue weighted by Gasteiger charge is -2.08. The second-order valence-electron chi connectivity index (χ2n) is 8.63. The van der Waals surface area contributed by atoms with Gasteiger partial charge in [0.05, 0.1) is 0 Å². The Morgan fingerprint density at radius 1 is 0.618 bits per heavy atom. The fourth-order valence-corrected chi connectivity index (χ4v) is 4.06. The van der Waals surface area contributed by atoms with Crippen molar-refractivity contribution < 1.29 is 13.2 Å². The van der Waals surface area contributed by atoms with Crippen LogP contribution < -0.4 is 0 Å². The number of aryl methyl sites for hydroxylation is 3. The van der Waals surface area contributed by atoms with Gasteiger partial charge in [-0.25, -0.2) is 13.2 Å². The number of unbranched alkanes of at least 4 members (excludes halogenated alkanes) is 2. The molecule has 0 bridgehead atoms. The van der Waals surface area contributed by atoms with Gasteiger partial charge in [-0.3, -0.25) is 0 Å². The molecule has 0 saturated carbocycles. The number of fused-ring (bicyclic) bond motifs is 1. The van der Waals surface area contributed by atoms with E-state index in [4.69, 9.17) is 0 Å². The molecule has 4 aromatic carbocycles. The van der Waals surface area contributed by atoms with Crippen LogP contribution >= 0.6 is 0 Å². The fourth-order valence-electron chi connectivity index (χ4n) is 4.06. The Labute approximate surface area is 199 Å². The molecule has 0 N–H and O–H groups in total. The number of halogens is 3. The fraction of sp³-hybridized carbons (Fsp3) is 0.226. The van der Waals surface area contributed by atoms with Gasteiger partial charge in [0.2, 0.25) is 0 Å². The minimum atomic E-state index is -0.881. The Kier molecular flexibility index (Phi) is 7.70. The molecule has 0 aliphatic heterocycles. The zero-order chi connectivity index (χ0) is 23.9. The van der Waals surface area contributed by atoms with Gasteiger partial charge in [0.15, 0.2) is 11.6 Å². The van der Waals surface area contributed by atoms with Crippen molar-refractivity contribution in [1.82, 2.24) is 0 Å². The number of benzene rings is 4. The molecule has 0 aliphatic carbocycles. The molecule has 0 saturated heterocycles. The van der Waals surface area contributed by atoms with Gasteiger partial charge in [-0.1, -0.05) is 68.0 Å². The van der Waals surface area contributed by atoms with Crippen LogP contribution in [0.4, 0.5) is 13.2 Å². The van der Waals surface area contributed by atoms with Gasteiger partial charge in [0, 0.05) is 16.5 Å². The molecular weight excluding hydrogens is 429 g/mol. The third-order valence-electron chi connectivity index (χ3n) is 6.08. The summed E-state index contributed by atoms with van der Waals surface area (Å²) in [7, 11) is 0. The summed E-state index contributed by atoms with van der Waals surface area (Å²) in [4.78, 5) is 0. The van der Waals surface area contributed by atoms with Crippen LogP contribution in [0.3, 0.4) is 0 Å². The van der Waals surface area contributed by atoms with Crippen LogP contribution in [0, 0.1) is 29.3 Å². The number of hydrogen-bond acceptors (Lipinski definition) is 0. The molecule has 0 nitrogen and oxygen atoms in total. The minimum Gasteiger partial charge on any atom is -0.206 e. The van der Waals surface area contributed by atoms with Crippen molar-refractivity contribution in [2.45, 2.75) is 45.4 Å². The largest absolute Gasteiger partial charge is 0.206 e. The van der Waals surface area contributed by atoms with E-state index in [1.807, 2.05) is 30.3 Å². The highest BCUT2D eigenvalue weighted by molar-refractivity contribution is 5.85. The highest BCUT2D eigenvalue weighted by atomic mass is 19.2. The molecule has 3 heteroatoms. The third-order valence-corrected chi connectivity index (χ3v) is 6.08. The molecule has 34 heavy (non-hydrogen) atoms. The molecule has 0 aliphatic rings. The van der Waals surface area contributed by atoms with E-state index in [0.717, 1.165) is 29.0 Å². The Balaban J connectivity index is 1.46. The number of hydrogen-bond donors (Lipinski definition) is 0. The lowest BCUT2D eigenvalue weighted by molar-refractivity contribution is 0.507. The van der Waals surface area contributed by atoms with E-state index in [1.54, 1.807) is 12.1 Å². The molecule has 0 spiro atoms. The summed E-state index contributed by atoms with van der Waals surface area (Å²) in [6.07, 6.45) is 5.61. The van der Waals surface area contributed by atoms with Crippen molar-refractivity contribution in [2.24, 2.45) is 0 Å². The van der Waals surface area contributed by atoms with E-state index in [9.17, 15) is 8.78 Å². The standard InChI is InChI=1S/C31H27F3/c1-2-3-4-5-22-6-8-23(9-7-22)10-11-24-13-18-28-27(20-24)17-16-26(31(28)34)15-12-25-14-19-29(32)30(33)21-25/h6-9,13-14,16-21H,2-5,12,15H2,1H3. The molecule has 0 amide bonds. The number of rotatable bonds is 7. The normalized spacial score (nSPS) is 10.8. The van der Waals surface area contributed by atoms with E-state index >= 15 is 4.39 Å². The molecule has 0 radical (unpaired) electrons. The van der Waals surface area contributed by atoms with Gasteiger partial charge in [-0.05, 0) is 84.2 Å². The van der Waals surface area contributed by atoms with E-state index in [-0.39, 0.29) is 5.82 Å². The zero-order valence-corrected chi connectivity index (χ0v) is 19.3. The maximum atomic E-state index is 15.1. The van der Waals surface area contributed by atoms with Crippen molar-refractivity contribution in [2.75, 3.05) is 0 Å². The van der Waals surface area contributed by atoms with Crippen LogP contribution in [0.25, 0.3) is 10.8 Å². The van der Waals surface area contributed by atoms with Crippen LogP contribution in [0.5, 0.6) is 0 Å². The van der Waals surface area contributed by atoms with Gasteiger partial charge in [-0.15, -0.1) is 0 Å². The predicted octanol–water partition coefficient (Wildman–Crippen LogP) is 8.17. The average molecular weight is 457 g/mol. The first-order chi connectivity index (χ1) is 16.5. The van der Waals surface area contributed by atoms with Crippen molar-refractivity contribution in [1.29, 1.82) is 0 Å². The van der Waals surface area contributed by atoms with Gasteiger partial charge in [0.1, 0.15) is 5.82 Å². The first-order valence-electron chi connectivity index (χ1n) is 11.8. The molecule has 172 valence electrons. The van der Waals surface area contributed by atoms with E-state index in [2.05, 4.69) is 30.9 Å². The van der Waals surface area contributed by atoms with Crippen molar-refractivity contribution in [3.05, 3.63) is 118 Å². The third kappa shape index (κ3) is 5.88. The summed E-state index contributed by atoms with van der Waals surface area (Å²) in [6, 6.07) is 21.3. The molecule has 4 aromatic rings. The summed E-state index contributed by atoms with van der Waals surface area (Å²) >= 11 is 0. The van der Waals surface area contributed by atoms with Crippen LogP contribution in [0.1, 0.15) is 54.0 Å². The maximum Gasteiger partial charge on any atom is 0.159 e. The summed E-state index contributed by atoms with van der Waals surface area (Å²) in [5.74, 6) is 4.33. The molecule has 4 rings (SSSR count). The summed E-state index contributed by atoms with van der Waals surface area (Å²) < 4.78 is 41.6. The second kappa shape index (κ2) is 11.1. The van der Waals surface area contributed by atoms with Gasteiger partial charge >= 0.3 is 0 Å². The zero-order valence-electron chi connectivity index (χ0n) is 19.3. The smallest absolute Gasteiger partial charge is 0.159 e. The lowest BCUT2D eigenvalue weighted by Crippen LogP contribution is -1.97. The Morgan fingerprint density at radius 3 is 2.12 bits per heavy atom. The van der Waals surface area contributed by atoms with Crippen molar-refractivity contribution in [3.63, 3.8) is 0 Å². The highest BCUT2D eigenvalue weighted by Crippen LogP contribution is 2.24. The van der Waals surface area contributed by atoms with Gasteiger partial charge < -0.3 is 0 Å². The minimum absolute atomic E-state index is 0.279. The second-order valence-corrected chi connectivity index (χ2v) is 8.63. The first kappa shape index (κ1) is 23.6. The molecular formula is C31H27F3. The van der Waals surface area contributed by atoms with Crippen LogP contribution in [-0.2, 0) is 19.3 Å². The van der Waals surface area contributed by atoms with Crippen molar-refractivity contribution in [3.8, 4) is 11.8 Å². The maximum absolute atomic E-state index is 15.1. The lowest BCUT2D eigenvalue weighted by atomic mass is 9.99. The highest BCUT2D eigenvalue weighted by Gasteiger charge is 2.09. The van der Waals surface area contributed by atoms with Crippen LogP contribution in [0.2, 0.25) is 0 Å². The molecule has 0 atom stereocenters. The average Bonchev–Trinajstić information content (AvgIpc) is 2.85. The quantitative estimate of drug-likeness (QED) is 0.194. The van der Waals surface area contributed by atoms with E-state index in [1.165, 1.54) is 37.0 Å². The molecule has 0 heterocycles. The molecule has 0 aromatic heterocycles. The summed E-state index contributed by atoms with van der Waals surface area (Å²) in [5, 5.41) is 1.32. The van der Waals surface area contributed by atoms with E-state index in [0.29, 0.717) is 29.4 Å². The van der Waals surface area contributed by atoms with Crippen LogP contribution in [-0.4, -0.2) is 0 Å². The molecule has 0 fully saturated rings. The monoisotopic (exact) mass is 456 g/mol. The van der Waals surface area contributed by atoms with E-state index < -0.39 is 11.6 Å². The van der Waals surface area contributed by atoms with Crippen LogP contribution in [0.15, 0.2) is 72.8 Å². The Hall–Kier alpha value is -3.51. The Bertz CT molecular complexity index is 1340. The Morgan fingerprint density at radius 2 is 1.35 bits per heavy atom.